The van der Waals surface area contributed by atoms with Gasteiger partial charge in [0.25, 0.3) is 0 Å². The number of aliphatic imine (C=N–C) groups is 1. The summed E-state index contributed by atoms with van der Waals surface area (Å²) in [6.07, 6.45) is 0. The first-order valence-electron chi connectivity index (χ1n) is 11.4. The Morgan fingerprint density at radius 1 is 1.03 bits per heavy atom. The number of morpholine rings is 1. The lowest BCUT2D eigenvalue weighted by Gasteiger charge is -2.35. The molecule has 1 aliphatic heterocycles. The van der Waals surface area contributed by atoms with Crippen LogP contribution in [0.1, 0.15) is 29.7 Å². The number of rotatable bonds is 9. The fourth-order valence-corrected chi connectivity index (χ4v) is 3.85. The molecule has 2 aromatic rings. The quantitative estimate of drug-likeness (QED) is 0.275. The minimum atomic E-state index is -0.214. The van der Waals surface area contributed by atoms with Crippen LogP contribution in [0.15, 0.2) is 53.5 Å². The molecule has 0 aromatic heterocycles. The summed E-state index contributed by atoms with van der Waals surface area (Å²) < 4.78 is 19.0. The van der Waals surface area contributed by atoms with Gasteiger partial charge < -0.3 is 20.3 Å². The third-order valence-corrected chi connectivity index (χ3v) is 5.49. The zero-order valence-corrected chi connectivity index (χ0v) is 22.2. The third-order valence-electron chi connectivity index (χ3n) is 5.49. The summed E-state index contributed by atoms with van der Waals surface area (Å²) in [6.45, 7) is 8.22. The van der Waals surface area contributed by atoms with E-state index in [4.69, 9.17) is 9.73 Å². The van der Waals surface area contributed by atoms with Crippen molar-refractivity contribution in [3.05, 3.63) is 71.0 Å². The molecule has 0 aliphatic carbocycles. The van der Waals surface area contributed by atoms with Gasteiger partial charge in [-0.2, -0.15) is 0 Å². The lowest BCUT2D eigenvalue weighted by molar-refractivity contribution is 0.0170. The highest BCUT2D eigenvalue weighted by atomic mass is 127. The van der Waals surface area contributed by atoms with E-state index in [1.54, 1.807) is 0 Å². The largest absolute Gasteiger partial charge is 0.379 e. The average molecular weight is 570 g/mol. The summed E-state index contributed by atoms with van der Waals surface area (Å²) in [6, 6.07) is 15.5. The topological polar surface area (TPSA) is 52.1 Å². The molecule has 2 aromatic carbocycles. The van der Waals surface area contributed by atoms with Crippen molar-refractivity contribution in [1.29, 1.82) is 0 Å². The van der Waals surface area contributed by atoms with E-state index >= 15 is 0 Å². The molecule has 0 amide bonds. The molecule has 0 bridgehead atoms. The van der Waals surface area contributed by atoms with Gasteiger partial charge in [0, 0.05) is 32.7 Å². The molecule has 33 heavy (non-hydrogen) atoms. The number of hydrogen-bond donors (Lipinski definition) is 2. The molecule has 0 radical (unpaired) electrons. The second kappa shape index (κ2) is 14.5. The van der Waals surface area contributed by atoms with Gasteiger partial charge in [-0.05, 0) is 49.8 Å². The van der Waals surface area contributed by atoms with Crippen molar-refractivity contribution in [2.24, 2.45) is 4.99 Å². The summed E-state index contributed by atoms with van der Waals surface area (Å²) in [5.74, 6) is 0.569. The van der Waals surface area contributed by atoms with Gasteiger partial charge in [-0.3, -0.25) is 4.90 Å². The number of hydrogen-bond acceptors (Lipinski definition) is 4. The van der Waals surface area contributed by atoms with Crippen molar-refractivity contribution in [3.63, 3.8) is 0 Å². The maximum atomic E-state index is 13.5. The smallest absolute Gasteiger partial charge is 0.191 e. The first kappa shape index (κ1) is 27.5. The van der Waals surface area contributed by atoms with Gasteiger partial charge in [-0.15, -0.1) is 24.0 Å². The summed E-state index contributed by atoms with van der Waals surface area (Å²) in [4.78, 5) is 9.32. The summed E-state index contributed by atoms with van der Waals surface area (Å²) in [5, 5.41) is 6.83. The van der Waals surface area contributed by atoms with Crippen molar-refractivity contribution in [3.8, 4) is 0 Å². The predicted octanol–water partition coefficient (Wildman–Crippen LogP) is 3.63. The van der Waals surface area contributed by atoms with E-state index in [-0.39, 0.29) is 35.8 Å². The van der Waals surface area contributed by atoms with Crippen molar-refractivity contribution >= 4 is 29.9 Å². The number of benzene rings is 2. The number of halogens is 2. The Balaban J connectivity index is 0.00000385. The van der Waals surface area contributed by atoms with Gasteiger partial charge >= 0.3 is 0 Å². The lowest BCUT2D eigenvalue weighted by atomic mass is 10.0. The maximum Gasteiger partial charge on any atom is 0.191 e. The van der Waals surface area contributed by atoms with Gasteiger partial charge in [0.1, 0.15) is 5.82 Å². The van der Waals surface area contributed by atoms with Crippen LogP contribution in [0.3, 0.4) is 0 Å². The van der Waals surface area contributed by atoms with E-state index < -0.39 is 0 Å². The highest BCUT2D eigenvalue weighted by Crippen LogP contribution is 2.21. The zero-order chi connectivity index (χ0) is 22.8. The molecule has 1 atom stereocenters. The van der Waals surface area contributed by atoms with E-state index in [9.17, 15) is 4.39 Å². The highest BCUT2D eigenvalue weighted by molar-refractivity contribution is 14.0. The summed E-state index contributed by atoms with van der Waals surface area (Å²) in [5.41, 5.74) is 3.56. The molecule has 2 N–H and O–H groups in total. The molecule has 1 unspecified atom stereocenters. The SMILES string of the molecule is CCNC(=NCc1ccc(CN(C)C)cc1)NCC(c1ccc(F)cc1)N1CCOCC1.I. The van der Waals surface area contributed by atoms with Crippen LogP contribution in [0.4, 0.5) is 4.39 Å². The molecule has 6 nitrogen and oxygen atoms in total. The number of nitrogens with one attached hydrogen (secondary N) is 2. The molecule has 1 saturated heterocycles. The van der Waals surface area contributed by atoms with E-state index in [1.165, 1.54) is 23.3 Å². The van der Waals surface area contributed by atoms with Gasteiger partial charge in [-0.1, -0.05) is 36.4 Å². The fourth-order valence-electron chi connectivity index (χ4n) is 3.85. The van der Waals surface area contributed by atoms with E-state index in [0.717, 1.165) is 50.9 Å². The van der Waals surface area contributed by atoms with Crippen LogP contribution in [-0.4, -0.2) is 69.2 Å². The standard InChI is InChI=1S/C25H36FN5O.HI/c1-4-27-25(28-17-20-5-7-21(8-6-20)19-30(2)3)29-18-24(31-13-15-32-16-14-31)22-9-11-23(26)12-10-22;/h5-12,24H,4,13-19H2,1-3H3,(H2,27,28,29);1H. The zero-order valence-electron chi connectivity index (χ0n) is 19.9. The third kappa shape index (κ3) is 9.19. The normalized spacial score (nSPS) is 15.7. The Morgan fingerprint density at radius 3 is 2.27 bits per heavy atom. The first-order chi connectivity index (χ1) is 15.5. The van der Waals surface area contributed by atoms with Crippen LogP contribution in [0.5, 0.6) is 0 Å². The van der Waals surface area contributed by atoms with E-state index in [1.807, 2.05) is 12.1 Å². The molecule has 0 spiro atoms. The van der Waals surface area contributed by atoms with Crippen molar-refractivity contribution in [1.82, 2.24) is 20.4 Å². The van der Waals surface area contributed by atoms with Gasteiger partial charge in [0.05, 0.1) is 25.8 Å². The molecule has 0 saturated carbocycles. The fraction of sp³-hybridized carbons (Fsp3) is 0.480. The van der Waals surface area contributed by atoms with Gasteiger partial charge in [-0.25, -0.2) is 9.38 Å². The summed E-state index contributed by atoms with van der Waals surface area (Å²) in [7, 11) is 4.14. The Hall–Kier alpha value is -1.75. The van der Waals surface area contributed by atoms with Crippen LogP contribution in [-0.2, 0) is 17.8 Å². The van der Waals surface area contributed by atoms with Crippen molar-refractivity contribution in [2.75, 3.05) is 53.5 Å². The molecular formula is C25H37FIN5O. The molecule has 1 fully saturated rings. The van der Waals surface area contributed by atoms with Crippen molar-refractivity contribution in [2.45, 2.75) is 26.1 Å². The second-order valence-corrected chi connectivity index (χ2v) is 8.35. The van der Waals surface area contributed by atoms with E-state index in [0.29, 0.717) is 13.1 Å². The van der Waals surface area contributed by atoms with E-state index in [2.05, 4.69) is 65.7 Å². The monoisotopic (exact) mass is 569 g/mol. The summed E-state index contributed by atoms with van der Waals surface area (Å²) >= 11 is 0. The molecule has 8 heteroatoms. The second-order valence-electron chi connectivity index (χ2n) is 8.35. The molecule has 3 rings (SSSR count). The first-order valence-corrected chi connectivity index (χ1v) is 11.4. The molecule has 1 heterocycles. The van der Waals surface area contributed by atoms with Gasteiger partial charge in [0.15, 0.2) is 5.96 Å². The van der Waals surface area contributed by atoms with Crippen LogP contribution in [0.25, 0.3) is 0 Å². The van der Waals surface area contributed by atoms with Crippen LogP contribution in [0, 0.1) is 5.82 Å². The Kier molecular flexibility index (Phi) is 12.1. The molecule has 182 valence electrons. The number of nitrogens with zero attached hydrogens (tertiary/aromatic N) is 3. The maximum absolute atomic E-state index is 13.5. The van der Waals surface area contributed by atoms with Crippen molar-refractivity contribution < 1.29 is 9.13 Å². The molecule has 1 aliphatic rings. The van der Waals surface area contributed by atoms with Crippen LogP contribution in [0.2, 0.25) is 0 Å². The minimum absolute atomic E-state index is 0. The highest BCUT2D eigenvalue weighted by Gasteiger charge is 2.23. The average Bonchev–Trinajstić information content (AvgIpc) is 2.80. The number of ether oxygens (including phenoxy) is 1. The van der Waals surface area contributed by atoms with Gasteiger partial charge in [0.2, 0.25) is 0 Å². The Labute approximate surface area is 214 Å². The molecular weight excluding hydrogens is 532 g/mol. The Bertz CT molecular complexity index is 839. The minimum Gasteiger partial charge on any atom is -0.379 e. The van der Waals surface area contributed by atoms with Crippen LogP contribution < -0.4 is 10.6 Å². The van der Waals surface area contributed by atoms with Crippen LogP contribution >= 0.6 is 24.0 Å². The Morgan fingerprint density at radius 2 is 1.67 bits per heavy atom. The number of guanidine groups is 1. The lowest BCUT2D eigenvalue weighted by Crippen LogP contribution is -2.46. The predicted molar refractivity (Wildman–Crippen MR) is 144 cm³/mol.